The second-order valence-electron chi connectivity index (χ2n) is 14.5. The van der Waals surface area contributed by atoms with Crippen LogP contribution in [0.4, 0.5) is 10.1 Å². The molecule has 0 radical (unpaired) electrons. The molecule has 0 aliphatic carbocycles. The maximum Gasteiger partial charge on any atom is 0.286 e. The molecule has 1 amide bonds. The van der Waals surface area contributed by atoms with Crippen LogP contribution in [0.25, 0.3) is 5.57 Å². The van der Waals surface area contributed by atoms with Crippen LogP contribution in [0.2, 0.25) is 34.8 Å². The SMILES string of the molecule is COc1cc(C(=O)N2C=C(c3ccc(F)cc3)C[C@H]2CO[Si](C)(C)C(C)(C)C)c([N+](=O)[O-])cc1O[Si](C(C)C)(C(C)C)C(C)C. The van der Waals surface area contributed by atoms with E-state index < -0.39 is 33.5 Å². The van der Waals surface area contributed by atoms with E-state index in [1.807, 2.05) is 0 Å². The van der Waals surface area contributed by atoms with Gasteiger partial charge in [0.15, 0.2) is 19.8 Å². The van der Waals surface area contributed by atoms with Gasteiger partial charge in [-0.1, -0.05) is 74.4 Å². The molecule has 0 spiro atoms. The summed E-state index contributed by atoms with van der Waals surface area (Å²) >= 11 is 0. The number of hydrogen-bond donors (Lipinski definition) is 0. The molecule has 0 unspecified atom stereocenters. The summed E-state index contributed by atoms with van der Waals surface area (Å²) in [4.78, 5) is 27.8. The van der Waals surface area contributed by atoms with Crippen molar-refractivity contribution in [1.82, 2.24) is 4.90 Å². The zero-order valence-corrected chi connectivity index (χ0v) is 31.0. The standard InChI is InChI=1S/C34H51FN2O6Si2/c1-22(2)45(23(3)4,24(5)6)43-32-19-30(37(39)40)29(18-31(32)41-10)33(38)36-20-26(25-13-15-27(35)16-14-25)17-28(36)21-42-44(11,12)34(7,8)9/h13-16,18-20,22-24,28H,17,21H2,1-12H3/t28-/m0/s1. The molecule has 1 atom stereocenters. The zero-order chi connectivity index (χ0) is 34.1. The normalized spacial score (nSPS) is 16.0. The second-order valence-corrected chi connectivity index (χ2v) is 24.7. The summed E-state index contributed by atoms with van der Waals surface area (Å²) in [5.74, 6) is -0.329. The van der Waals surface area contributed by atoms with Gasteiger partial charge in [-0.05, 0) is 64.4 Å². The molecule has 1 aliphatic heterocycles. The van der Waals surface area contributed by atoms with Crippen LogP contribution >= 0.6 is 0 Å². The Labute approximate surface area is 270 Å². The molecule has 2 aromatic rings. The minimum Gasteiger partial charge on any atom is -0.540 e. The third-order valence-corrected chi connectivity index (χ3v) is 20.2. The number of hydrogen-bond acceptors (Lipinski definition) is 6. The van der Waals surface area contributed by atoms with E-state index in [0.29, 0.717) is 6.42 Å². The molecular formula is C34H51FN2O6Si2. The van der Waals surface area contributed by atoms with Crippen LogP contribution in [0, 0.1) is 15.9 Å². The third kappa shape index (κ3) is 7.52. The van der Waals surface area contributed by atoms with Crippen molar-refractivity contribution in [2.45, 2.75) is 110 Å². The zero-order valence-electron chi connectivity index (χ0n) is 29.0. The summed E-state index contributed by atoms with van der Waals surface area (Å²) in [6.45, 7) is 23.8. The number of nitro groups is 1. The van der Waals surface area contributed by atoms with Gasteiger partial charge in [0.1, 0.15) is 11.4 Å². The van der Waals surface area contributed by atoms with E-state index in [0.717, 1.165) is 11.1 Å². The first-order valence-electron chi connectivity index (χ1n) is 15.8. The van der Waals surface area contributed by atoms with Crippen LogP contribution < -0.4 is 9.16 Å². The molecule has 1 heterocycles. The number of ether oxygens (including phenoxy) is 1. The Morgan fingerprint density at radius 1 is 1.02 bits per heavy atom. The Bertz CT molecular complexity index is 1400. The minimum atomic E-state index is -2.50. The van der Waals surface area contributed by atoms with Crippen LogP contribution in [0.3, 0.4) is 0 Å². The number of rotatable bonds is 12. The lowest BCUT2D eigenvalue weighted by Crippen LogP contribution is -2.50. The van der Waals surface area contributed by atoms with Gasteiger partial charge in [-0.25, -0.2) is 4.39 Å². The highest BCUT2D eigenvalue weighted by Gasteiger charge is 2.48. The average molecular weight is 659 g/mol. The highest BCUT2D eigenvalue weighted by atomic mass is 28.4. The van der Waals surface area contributed by atoms with Crippen LogP contribution in [-0.4, -0.2) is 52.1 Å². The number of halogens is 1. The Kier molecular flexibility index (Phi) is 11.1. The van der Waals surface area contributed by atoms with Gasteiger partial charge < -0.3 is 18.5 Å². The van der Waals surface area contributed by atoms with Gasteiger partial charge in [0.05, 0.1) is 30.7 Å². The lowest BCUT2D eigenvalue weighted by Gasteiger charge is -2.42. The van der Waals surface area contributed by atoms with Gasteiger partial charge in [0.25, 0.3) is 19.9 Å². The fraction of sp³-hybridized carbons (Fsp3) is 0.559. The smallest absolute Gasteiger partial charge is 0.286 e. The minimum absolute atomic E-state index is 0.0455. The molecular weight excluding hydrogens is 608 g/mol. The van der Waals surface area contributed by atoms with E-state index >= 15 is 0 Å². The lowest BCUT2D eigenvalue weighted by molar-refractivity contribution is -0.385. The van der Waals surface area contributed by atoms with Crippen molar-refractivity contribution in [3.63, 3.8) is 0 Å². The van der Waals surface area contributed by atoms with Crippen molar-refractivity contribution in [2.75, 3.05) is 13.7 Å². The Morgan fingerprint density at radius 2 is 1.58 bits per heavy atom. The van der Waals surface area contributed by atoms with Crippen molar-refractivity contribution in [1.29, 1.82) is 0 Å². The van der Waals surface area contributed by atoms with E-state index in [-0.39, 0.29) is 56.8 Å². The van der Waals surface area contributed by atoms with Crippen LogP contribution in [0.5, 0.6) is 11.5 Å². The van der Waals surface area contributed by atoms with Crippen LogP contribution in [0.1, 0.15) is 84.7 Å². The van der Waals surface area contributed by atoms with Crippen molar-refractivity contribution in [3.8, 4) is 11.5 Å². The van der Waals surface area contributed by atoms with Gasteiger partial charge in [-0.3, -0.25) is 14.9 Å². The predicted molar refractivity (Wildman–Crippen MR) is 183 cm³/mol. The molecule has 0 N–H and O–H groups in total. The Morgan fingerprint density at radius 3 is 2.04 bits per heavy atom. The predicted octanol–water partition coefficient (Wildman–Crippen LogP) is 9.57. The molecule has 45 heavy (non-hydrogen) atoms. The lowest BCUT2D eigenvalue weighted by atomic mass is 10.0. The van der Waals surface area contributed by atoms with Crippen LogP contribution in [0.15, 0.2) is 42.6 Å². The number of carbonyl (C=O) groups is 1. The fourth-order valence-corrected chi connectivity index (χ4v) is 12.5. The van der Waals surface area contributed by atoms with Gasteiger partial charge in [-0.15, -0.1) is 0 Å². The Balaban J connectivity index is 2.12. The first-order valence-corrected chi connectivity index (χ1v) is 20.8. The van der Waals surface area contributed by atoms with E-state index in [1.165, 1.54) is 36.3 Å². The van der Waals surface area contributed by atoms with Crippen LogP contribution in [-0.2, 0) is 4.43 Å². The topological polar surface area (TPSA) is 91.1 Å². The summed E-state index contributed by atoms with van der Waals surface area (Å²) in [6, 6.07) is 8.49. The number of nitrogens with zero attached hydrogens (tertiary/aromatic N) is 2. The number of amides is 1. The average Bonchev–Trinajstić information content (AvgIpc) is 3.37. The van der Waals surface area contributed by atoms with Crippen molar-refractivity contribution >= 4 is 33.8 Å². The van der Waals surface area contributed by atoms with E-state index in [4.69, 9.17) is 13.6 Å². The third-order valence-electron chi connectivity index (χ3n) is 9.74. The first-order chi connectivity index (χ1) is 20.8. The number of benzene rings is 2. The van der Waals surface area contributed by atoms with Gasteiger partial charge in [0, 0.05) is 12.3 Å². The highest BCUT2D eigenvalue weighted by Crippen LogP contribution is 2.47. The molecule has 0 aromatic heterocycles. The summed E-state index contributed by atoms with van der Waals surface area (Å²) in [5.41, 5.74) is 1.84. The monoisotopic (exact) mass is 658 g/mol. The summed E-state index contributed by atoms with van der Waals surface area (Å²) in [7, 11) is -3.20. The number of nitro benzene ring substituents is 1. The van der Waals surface area contributed by atoms with Gasteiger partial charge >= 0.3 is 0 Å². The Hall–Kier alpha value is -3.03. The van der Waals surface area contributed by atoms with Gasteiger partial charge in [0.2, 0.25) is 0 Å². The van der Waals surface area contributed by atoms with E-state index in [1.54, 1.807) is 18.3 Å². The summed E-state index contributed by atoms with van der Waals surface area (Å²) < 4.78 is 32.8. The molecule has 0 saturated heterocycles. The fourth-order valence-electron chi connectivity index (χ4n) is 6.21. The molecule has 3 rings (SSSR count). The molecule has 0 saturated carbocycles. The van der Waals surface area contributed by atoms with Crippen molar-refractivity contribution in [2.24, 2.45) is 0 Å². The number of methoxy groups -OCH3 is 1. The molecule has 0 fully saturated rings. The molecule has 0 bridgehead atoms. The molecule has 8 nitrogen and oxygen atoms in total. The summed E-state index contributed by atoms with van der Waals surface area (Å²) in [5, 5.41) is 12.5. The molecule has 11 heteroatoms. The van der Waals surface area contributed by atoms with E-state index in [9.17, 15) is 19.3 Å². The van der Waals surface area contributed by atoms with Gasteiger partial charge in [-0.2, -0.15) is 0 Å². The molecule has 1 aliphatic rings. The highest BCUT2D eigenvalue weighted by molar-refractivity contribution is 6.78. The quantitative estimate of drug-likeness (QED) is 0.128. The second kappa shape index (κ2) is 13.8. The maximum absolute atomic E-state index is 14.3. The first kappa shape index (κ1) is 36.4. The summed E-state index contributed by atoms with van der Waals surface area (Å²) in [6.07, 6.45) is 2.17. The number of carbonyl (C=O) groups excluding carboxylic acids is 1. The van der Waals surface area contributed by atoms with E-state index in [2.05, 4.69) is 75.4 Å². The van der Waals surface area contributed by atoms with Crippen molar-refractivity contribution in [3.05, 3.63) is 69.7 Å². The molecule has 2 aromatic carbocycles. The molecule has 248 valence electrons. The largest absolute Gasteiger partial charge is 0.540 e. The maximum atomic E-state index is 14.3. The van der Waals surface area contributed by atoms with Crippen molar-refractivity contribution < 1.29 is 27.7 Å².